The summed E-state index contributed by atoms with van der Waals surface area (Å²) in [5.74, 6) is -7.85. The molecule has 0 spiro atoms. The first kappa shape index (κ1) is 35.1. The molecule has 5 rings (SSSR count). The molecule has 0 heterocycles. The van der Waals surface area contributed by atoms with Gasteiger partial charge in [0.1, 0.15) is 46.2 Å². The van der Waals surface area contributed by atoms with Gasteiger partial charge in [0.15, 0.2) is 0 Å². The van der Waals surface area contributed by atoms with E-state index >= 15 is 22.0 Å². The van der Waals surface area contributed by atoms with Gasteiger partial charge in [0.25, 0.3) is 0 Å². The molecule has 0 N–H and O–H groups in total. The van der Waals surface area contributed by atoms with Gasteiger partial charge >= 0.3 is 6.11 Å². The van der Waals surface area contributed by atoms with E-state index in [1.807, 2.05) is 0 Å². The van der Waals surface area contributed by atoms with Crippen molar-refractivity contribution in [2.45, 2.75) is 70.3 Å². The zero-order chi connectivity index (χ0) is 34.6. The van der Waals surface area contributed by atoms with Crippen molar-refractivity contribution >= 4 is 6.08 Å². The van der Waals surface area contributed by atoms with Crippen molar-refractivity contribution in [3.8, 4) is 28.0 Å². The molecule has 0 amide bonds. The third-order valence-electron chi connectivity index (χ3n) is 8.98. The van der Waals surface area contributed by atoms with Crippen LogP contribution in [0.25, 0.3) is 28.3 Å². The standard InChI is InChI=1S/C38H33F9O/c1-2-3-4-5-22-6-8-23(9-7-22)24-10-12-28(31(40)16-24)26-19-35(44)37(36(45)20-26)38(46,47)48-27-11-13-29(34(43)21-27)25-17-32(41)30(14-15-39)33(42)18-25/h10-23H,2-9H2,1H3/b15-14+. The maximum Gasteiger partial charge on any atom is 0.432 e. The number of alkyl halides is 2. The molecule has 4 aromatic carbocycles. The summed E-state index contributed by atoms with van der Waals surface area (Å²) < 4.78 is 136. The van der Waals surface area contributed by atoms with Gasteiger partial charge in [0.2, 0.25) is 0 Å². The number of rotatable bonds is 11. The number of halogens is 9. The Bertz CT molecular complexity index is 1750. The van der Waals surface area contributed by atoms with Crippen LogP contribution in [0.15, 0.2) is 67.0 Å². The van der Waals surface area contributed by atoms with Gasteiger partial charge in [-0.2, -0.15) is 8.78 Å². The molecule has 0 aliphatic heterocycles. The van der Waals surface area contributed by atoms with Crippen molar-refractivity contribution in [3.63, 3.8) is 0 Å². The van der Waals surface area contributed by atoms with Crippen LogP contribution in [0.3, 0.4) is 0 Å². The van der Waals surface area contributed by atoms with Crippen molar-refractivity contribution in [2.75, 3.05) is 0 Å². The van der Waals surface area contributed by atoms with E-state index in [1.54, 1.807) is 6.07 Å². The van der Waals surface area contributed by atoms with Gasteiger partial charge in [-0.1, -0.05) is 44.7 Å². The smallest absolute Gasteiger partial charge is 0.429 e. The first-order valence-electron chi connectivity index (χ1n) is 15.8. The minimum atomic E-state index is -4.64. The van der Waals surface area contributed by atoms with Crippen molar-refractivity contribution in [1.82, 2.24) is 0 Å². The first-order valence-corrected chi connectivity index (χ1v) is 15.8. The summed E-state index contributed by atoms with van der Waals surface area (Å²) >= 11 is 0. The SMILES string of the molecule is CCCCCC1CCC(c2ccc(-c3cc(F)c(C(F)(F)Oc4ccc(-c5cc(F)c(/C=C/F)c(F)c5)c(F)c4)c(F)c3)c(F)c2)CC1. The third-order valence-corrected chi connectivity index (χ3v) is 8.98. The molecule has 1 aliphatic carbocycles. The number of hydrogen-bond donors (Lipinski definition) is 0. The maximum atomic E-state index is 15.2. The molecule has 0 radical (unpaired) electrons. The molecule has 0 atom stereocenters. The second-order valence-electron chi connectivity index (χ2n) is 12.2. The van der Waals surface area contributed by atoms with Gasteiger partial charge in [0.05, 0.1) is 6.33 Å². The van der Waals surface area contributed by atoms with Crippen LogP contribution in [0.4, 0.5) is 39.5 Å². The molecule has 0 unspecified atom stereocenters. The molecule has 48 heavy (non-hydrogen) atoms. The normalized spacial score (nSPS) is 16.9. The predicted molar refractivity (Wildman–Crippen MR) is 167 cm³/mol. The van der Waals surface area contributed by atoms with Gasteiger partial charge in [-0.25, -0.2) is 30.7 Å². The average molecular weight is 677 g/mol. The molecule has 254 valence electrons. The zero-order valence-corrected chi connectivity index (χ0v) is 26.0. The molecule has 10 heteroatoms. The Hall–Kier alpha value is -4.21. The van der Waals surface area contributed by atoms with Crippen molar-refractivity contribution < 1.29 is 44.3 Å². The van der Waals surface area contributed by atoms with Crippen molar-refractivity contribution in [2.24, 2.45) is 5.92 Å². The summed E-state index contributed by atoms with van der Waals surface area (Å²) in [4.78, 5) is 0. The first-order chi connectivity index (χ1) is 22.9. The topological polar surface area (TPSA) is 9.23 Å². The largest absolute Gasteiger partial charge is 0.432 e. The van der Waals surface area contributed by atoms with Gasteiger partial charge in [-0.15, -0.1) is 0 Å². The Balaban J connectivity index is 1.31. The second-order valence-corrected chi connectivity index (χ2v) is 12.2. The summed E-state index contributed by atoms with van der Waals surface area (Å²) in [6, 6.07) is 9.13. The van der Waals surface area contributed by atoms with Crippen LogP contribution >= 0.6 is 0 Å². The number of hydrogen-bond acceptors (Lipinski definition) is 1. The summed E-state index contributed by atoms with van der Waals surface area (Å²) in [5, 5.41) is 0. The second kappa shape index (κ2) is 14.9. The lowest BCUT2D eigenvalue weighted by Crippen LogP contribution is -2.25. The van der Waals surface area contributed by atoms with E-state index in [-0.39, 0.29) is 28.9 Å². The lowest BCUT2D eigenvalue weighted by Gasteiger charge is -2.29. The molecular weight excluding hydrogens is 643 g/mol. The Morgan fingerprint density at radius 2 is 1.25 bits per heavy atom. The Labute approximate surface area is 273 Å². The van der Waals surface area contributed by atoms with Crippen LogP contribution in [0.2, 0.25) is 0 Å². The van der Waals surface area contributed by atoms with Crippen molar-refractivity contribution in [1.29, 1.82) is 0 Å². The van der Waals surface area contributed by atoms with Crippen LogP contribution in [-0.4, -0.2) is 0 Å². The van der Waals surface area contributed by atoms with Crippen LogP contribution in [0, 0.1) is 40.8 Å². The van der Waals surface area contributed by atoms with E-state index in [0.29, 0.717) is 30.2 Å². The monoisotopic (exact) mass is 676 g/mol. The quantitative estimate of drug-likeness (QED) is 0.113. The van der Waals surface area contributed by atoms with Gasteiger partial charge in [0, 0.05) is 22.8 Å². The fraction of sp³-hybridized carbons (Fsp3) is 0.316. The van der Waals surface area contributed by atoms with Crippen LogP contribution in [0.1, 0.15) is 80.9 Å². The summed E-state index contributed by atoms with van der Waals surface area (Å²) in [6.07, 6.45) is 4.52. The molecule has 1 fully saturated rings. The highest BCUT2D eigenvalue weighted by molar-refractivity contribution is 5.68. The summed E-state index contributed by atoms with van der Waals surface area (Å²) in [6.45, 7) is 2.17. The number of benzene rings is 4. The zero-order valence-electron chi connectivity index (χ0n) is 26.0. The molecule has 1 nitrogen and oxygen atoms in total. The van der Waals surface area contributed by atoms with E-state index in [1.165, 1.54) is 37.8 Å². The maximum absolute atomic E-state index is 15.2. The molecule has 0 bridgehead atoms. The third kappa shape index (κ3) is 7.74. The Morgan fingerprint density at radius 1 is 0.688 bits per heavy atom. The van der Waals surface area contributed by atoms with Crippen LogP contribution < -0.4 is 4.74 Å². The Morgan fingerprint density at radius 3 is 1.79 bits per heavy atom. The van der Waals surface area contributed by atoms with Crippen LogP contribution in [-0.2, 0) is 6.11 Å². The fourth-order valence-electron chi connectivity index (χ4n) is 6.45. The highest BCUT2D eigenvalue weighted by Gasteiger charge is 2.41. The molecule has 0 aromatic heterocycles. The lowest BCUT2D eigenvalue weighted by molar-refractivity contribution is -0.189. The van der Waals surface area contributed by atoms with E-state index in [9.17, 15) is 17.6 Å². The van der Waals surface area contributed by atoms with E-state index in [0.717, 1.165) is 55.5 Å². The molecule has 0 saturated heterocycles. The lowest BCUT2D eigenvalue weighted by atomic mass is 9.77. The predicted octanol–water partition coefficient (Wildman–Crippen LogP) is 12.8. The molecule has 1 aliphatic rings. The van der Waals surface area contributed by atoms with E-state index in [2.05, 4.69) is 11.7 Å². The summed E-state index contributed by atoms with van der Waals surface area (Å²) in [5.41, 5.74) is -2.90. The van der Waals surface area contributed by atoms with Gasteiger partial charge in [-0.05, 0) is 103 Å². The molecular formula is C38H33F9O. The van der Waals surface area contributed by atoms with Crippen molar-refractivity contribution in [3.05, 3.63) is 119 Å². The minimum absolute atomic E-state index is 0.0797. The van der Waals surface area contributed by atoms with Crippen LogP contribution in [0.5, 0.6) is 5.75 Å². The highest BCUT2D eigenvalue weighted by atomic mass is 19.3. The molecule has 4 aromatic rings. The van der Waals surface area contributed by atoms with Gasteiger partial charge in [-0.3, -0.25) is 0 Å². The Kier molecular flexibility index (Phi) is 10.9. The average Bonchev–Trinajstić information content (AvgIpc) is 3.02. The number of unbranched alkanes of at least 4 members (excludes halogenated alkanes) is 2. The molecule has 1 saturated carbocycles. The van der Waals surface area contributed by atoms with E-state index in [4.69, 9.17) is 0 Å². The van der Waals surface area contributed by atoms with E-state index < -0.39 is 63.5 Å². The highest BCUT2D eigenvalue weighted by Crippen LogP contribution is 2.41. The fourth-order valence-corrected chi connectivity index (χ4v) is 6.45. The minimum Gasteiger partial charge on any atom is -0.429 e. The number of ether oxygens (including phenoxy) is 1. The summed E-state index contributed by atoms with van der Waals surface area (Å²) in [7, 11) is 0. The van der Waals surface area contributed by atoms with Gasteiger partial charge < -0.3 is 4.74 Å².